The molecule has 0 aliphatic heterocycles. The highest BCUT2D eigenvalue weighted by molar-refractivity contribution is 7.91. The summed E-state index contributed by atoms with van der Waals surface area (Å²) in [7, 11) is -3.36. The summed E-state index contributed by atoms with van der Waals surface area (Å²) < 4.78 is 22.7. The normalized spacial score (nSPS) is 11.5. The van der Waals surface area contributed by atoms with Crippen LogP contribution in [0.2, 0.25) is 0 Å². The SMILES string of the molecule is [CH]c1cccc(S(=O)(=O)CCO)c1. The van der Waals surface area contributed by atoms with Crippen molar-refractivity contribution in [2.24, 2.45) is 0 Å². The Hall–Kier alpha value is -0.870. The van der Waals surface area contributed by atoms with Crippen LogP contribution in [0.4, 0.5) is 0 Å². The van der Waals surface area contributed by atoms with Gasteiger partial charge in [0, 0.05) is 0 Å². The monoisotopic (exact) mass is 198 g/mol. The van der Waals surface area contributed by atoms with E-state index in [1.54, 1.807) is 12.1 Å². The van der Waals surface area contributed by atoms with Gasteiger partial charge in [0.15, 0.2) is 9.84 Å². The van der Waals surface area contributed by atoms with E-state index in [2.05, 4.69) is 0 Å². The van der Waals surface area contributed by atoms with E-state index in [1.807, 2.05) is 0 Å². The van der Waals surface area contributed by atoms with Crippen LogP contribution in [0.15, 0.2) is 29.2 Å². The predicted octanol–water partition coefficient (Wildman–Crippen LogP) is 0.512. The first kappa shape index (κ1) is 10.2. The van der Waals surface area contributed by atoms with Gasteiger partial charge in [-0.1, -0.05) is 12.1 Å². The van der Waals surface area contributed by atoms with Crippen LogP contribution in [0.3, 0.4) is 0 Å². The molecule has 0 saturated heterocycles. The number of aliphatic hydroxyl groups excluding tert-OH is 1. The van der Waals surface area contributed by atoms with E-state index in [-0.39, 0.29) is 17.3 Å². The van der Waals surface area contributed by atoms with Crippen LogP contribution in [-0.4, -0.2) is 25.9 Å². The van der Waals surface area contributed by atoms with Crippen molar-refractivity contribution < 1.29 is 13.5 Å². The van der Waals surface area contributed by atoms with Gasteiger partial charge in [-0.25, -0.2) is 8.42 Å². The Morgan fingerprint density at radius 2 is 2.08 bits per heavy atom. The summed E-state index contributed by atoms with van der Waals surface area (Å²) in [6, 6.07) is 6.02. The topological polar surface area (TPSA) is 54.4 Å². The van der Waals surface area contributed by atoms with Gasteiger partial charge in [-0.3, -0.25) is 0 Å². The lowest BCUT2D eigenvalue weighted by Gasteiger charge is -2.02. The number of rotatable bonds is 3. The zero-order chi connectivity index (χ0) is 9.90. The van der Waals surface area contributed by atoms with Crippen LogP contribution in [0.1, 0.15) is 5.56 Å². The highest BCUT2D eigenvalue weighted by Gasteiger charge is 2.12. The van der Waals surface area contributed by atoms with Crippen molar-refractivity contribution in [1.29, 1.82) is 0 Å². The quantitative estimate of drug-likeness (QED) is 0.770. The Morgan fingerprint density at radius 3 is 2.62 bits per heavy atom. The molecule has 1 aromatic carbocycles. The Morgan fingerprint density at radius 1 is 1.38 bits per heavy atom. The van der Waals surface area contributed by atoms with Crippen LogP contribution in [0, 0.1) is 6.92 Å². The molecule has 0 amide bonds. The van der Waals surface area contributed by atoms with Gasteiger partial charge in [-0.15, -0.1) is 0 Å². The van der Waals surface area contributed by atoms with Crippen molar-refractivity contribution in [1.82, 2.24) is 0 Å². The molecule has 13 heavy (non-hydrogen) atoms. The maximum atomic E-state index is 11.4. The van der Waals surface area contributed by atoms with E-state index in [0.717, 1.165) is 0 Å². The summed E-state index contributed by atoms with van der Waals surface area (Å²) in [6.45, 7) is 5.05. The lowest BCUT2D eigenvalue weighted by molar-refractivity contribution is 0.319. The Labute approximate surface area is 77.9 Å². The first-order chi connectivity index (χ1) is 6.06. The van der Waals surface area contributed by atoms with Crippen molar-refractivity contribution in [2.45, 2.75) is 4.90 Å². The fourth-order valence-corrected chi connectivity index (χ4v) is 2.02. The van der Waals surface area contributed by atoms with Crippen LogP contribution in [0.5, 0.6) is 0 Å². The van der Waals surface area contributed by atoms with Gasteiger partial charge in [-0.05, 0) is 24.6 Å². The molecule has 2 radical (unpaired) electrons. The lowest BCUT2D eigenvalue weighted by Crippen LogP contribution is -2.09. The largest absolute Gasteiger partial charge is 0.395 e. The summed E-state index contributed by atoms with van der Waals surface area (Å²) >= 11 is 0. The van der Waals surface area contributed by atoms with Gasteiger partial charge >= 0.3 is 0 Å². The molecule has 0 aliphatic carbocycles. The van der Waals surface area contributed by atoms with E-state index in [4.69, 9.17) is 12.0 Å². The van der Waals surface area contributed by atoms with Crippen LogP contribution >= 0.6 is 0 Å². The summed E-state index contributed by atoms with van der Waals surface area (Å²) in [5.41, 5.74) is 0.402. The Bertz CT molecular complexity index is 382. The van der Waals surface area contributed by atoms with Gasteiger partial charge < -0.3 is 5.11 Å². The minimum Gasteiger partial charge on any atom is -0.395 e. The van der Waals surface area contributed by atoms with Gasteiger partial charge in [0.05, 0.1) is 17.3 Å². The molecular formula is C9H10O3S. The van der Waals surface area contributed by atoms with E-state index in [1.165, 1.54) is 12.1 Å². The average Bonchev–Trinajstić information content (AvgIpc) is 2.04. The molecule has 0 unspecified atom stereocenters. The molecule has 3 nitrogen and oxygen atoms in total. The Balaban J connectivity index is 3.08. The molecule has 0 spiro atoms. The van der Waals surface area contributed by atoms with Crippen LogP contribution in [-0.2, 0) is 9.84 Å². The maximum absolute atomic E-state index is 11.4. The molecule has 0 saturated carbocycles. The van der Waals surface area contributed by atoms with Crippen molar-refractivity contribution in [3.8, 4) is 0 Å². The first-order valence-corrected chi connectivity index (χ1v) is 5.40. The molecule has 1 aromatic rings. The highest BCUT2D eigenvalue weighted by Crippen LogP contribution is 2.12. The van der Waals surface area contributed by atoms with Gasteiger partial charge in [0.25, 0.3) is 0 Å². The third kappa shape index (κ3) is 2.54. The molecule has 1 N–H and O–H groups in total. The molecular weight excluding hydrogens is 188 g/mol. The predicted molar refractivity (Wildman–Crippen MR) is 49.0 cm³/mol. The van der Waals surface area contributed by atoms with Crippen LogP contribution < -0.4 is 0 Å². The second-order valence-corrected chi connectivity index (χ2v) is 4.72. The molecule has 4 heteroatoms. The third-order valence-corrected chi connectivity index (χ3v) is 3.27. The summed E-state index contributed by atoms with van der Waals surface area (Å²) in [5.74, 6) is -0.267. The first-order valence-electron chi connectivity index (χ1n) is 3.75. The molecule has 1 rings (SSSR count). The lowest BCUT2D eigenvalue weighted by atomic mass is 10.2. The number of sulfone groups is 1. The zero-order valence-corrected chi connectivity index (χ0v) is 7.79. The Kier molecular flexibility index (Phi) is 3.06. The van der Waals surface area contributed by atoms with Gasteiger partial charge in [0.1, 0.15) is 0 Å². The fourth-order valence-electron chi connectivity index (χ4n) is 0.946. The number of benzene rings is 1. The average molecular weight is 198 g/mol. The van der Waals surface area contributed by atoms with Crippen molar-refractivity contribution >= 4 is 9.84 Å². The van der Waals surface area contributed by atoms with Crippen molar-refractivity contribution in [2.75, 3.05) is 12.4 Å². The summed E-state index contributed by atoms with van der Waals surface area (Å²) in [5, 5.41) is 8.52. The summed E-state index contributed by atoms with van der Waals surface area (Å²) in [4.78, 5) is 0.154. The van der Waals surface area contributed by atoms with E-state index in [9.17, 15) is 8.42 Å². The second-order valence-electron chi connectivity index (χ2n) is 2.61. The molecule has 0 heterocycles. The van der Waals surface area contributed by atoms with Crippen molar-refractivity contribution in [3.05, 3.63) is 36.8 Å². The highest BCUT2D eigenvalue weighted by atomic mass is 32.2. The van der Waals surface area contributed by atoms with Gasteiger partial charge in [-0.2, -0.15) is 0 Å². The minimum atomic E-state index is -3.36. The number of aliphatic hydroxyl groups is 1. The third-order valence-electron chi connectivity index (χ3n) is 1.58. The molecule has 0 atom stereocenters. The fraction of sp³-hybridized carbons (Fsp3) is 0.222. The van der Waals surface area contributed by atoms with Crippen molar-refractivity contribution in [3.63, 3.8) is 0 Å². The molecule has 0 bridgehead atoms. The standard InChI is InChI=1S/C9H10O3S/c1-8-3-2-4-9(7-8)13(11,12)6-5-10/h1-4,7,10H,5-6H2. The minimum absolute atomic E-state index is 0.154. The van der Waals surface area contributed by atoms with E-state index < -0.39 is 9.84 Å². The molecule has 0 aliphatic rings. The maximum Gasteiger partial charge on any atom is 0.180 e. The summed E-state index contributed by atoms with van der Waals surface area (Å²) in [6.07, 6.45) is 0. The molecule has 0 aromatic heterocycles. The van der Waals surface area contributed by atoms with Crippen LogP contribution in [0.25, 0.3) is 0 Å². The number of hydrogen-bond acceptors (Lipinski definition) is 3. The number of hydrogen-bond donors (Lipinski definition) is 1. The molecule has 70 valence electrons. The van der Waals surface area contributed by atoms with Gasteiger partial charge in [0.2, 0.25) is 0 Å². The second kappa shape index (κ2) is 3.89. The van der Waals surface area contributed by atoms with E-state index >= 15 is 0 Å². The van der Waals surface area contributed by atoms with E-state index in [0.29, 0.717) is 5.56 Å². The zero-order valence-electron chi connectivity index (χ0n) is 6.97. The molecule has 0 fully saturated rings. The smallest absolute Gasteiger partial charge is 0.180 e.